The van der Waals surface area contributed by atoms with Crippen LogP contribution in [0, 0.1) is 0 Å². The van der Waals surface area contributed by atoms with E-state index in [9.17, 15) is 14.4 Å². The zero-order valence-electron chi connectivity index (χ0n) is 10.5. The Bertz CT molecular complexity index is 529. The molecule has 1 atom stereocenters. The topological polar surface area (TPSA) is 103 Å². The molecule has 0 saturated carbocycles. The first-order chi connectivity index (χ1) is 8.99. The summed E-state index contributed by atoms with van der Waals surface area (Å²) < 4.78 is 6.52. The number of carbonyl (C=O) groups excluding carboxylic acids is 3. The van der Waals surface area contributed by atoms with Gasteiger partial charge < -0.3 is 20.4 Å². The molecule has 1 aromatic heterocycles. The zero-order chi connectivity index (χ0) is 14.0. The van der Waals surface area contributed by atoms with E-state index in [1.54, 1.807) is 7.05 Å². The van der Waals surface area contributed by atoms with Crippen molar-refractivity contribution in [2.45, 2.75) is 12.5 Å². The molecule has 0 aliphatic carbocycles. The van der Waals surface area contributed by atoms with Gasteiger partial charge in [-0.1, -0.05) is 0 Å². The van der Waals surface area contributed by atoms with Gasteiger partial charge in [-0.15, -0.1) is 0 Å². The molecular formula is C12H15N3O4. The maximum absolute atomic E-state index is 11.9. The summed E-state index contributed by atoms with van der Waals surface area (Å²) in [6, 6.07) is 1.19. The molecule has 7 heteroatoms. The Hall–Kier alpha value is -2.15. The number of hydrogen-bond acceptors (Lipinski definition) is 4. The molecule has 0 aromatic carbocycles. The lowest BCUT2D eigenvalue weighted by Gasteiger charge is -2.08. The number of aryl methyl sites for hydroxylation is 1. The van der Waals surface area contributed by atoms with Crippen LogP contribution in [-0.4, -0.2) is 41.4 Å². The maximum Gasteiger partial charge on any atom is 0.292 e. The minimum absolute atomic E-state index is 0.129. The van der Waals surface area contributed by atoms with E-state index in [0.29, 0.717) is 19.6 Å². The number of rotatable bonds is 4. The highest BCUT2D eigenvalue weighted by Crippen LogP contribution is 2.09. The van der Waals surface area contributed by atoms with Gasteiger partial charge in [-0.25, -0.2) is 0 Å². The summed E-state index contributed by atoms with van der Waals surface area (Å²) in [6.07, 6.45) is 2.10. The van der Waals surface area contributed by atoms with Gasteiger partial charge in [0.25, 0.3) is 17.6 Å². The van der Waals surface area contributed by atoms with E-state index in [-0.39, 0.29) is 17.3 Å². The monoisotopic (exact) mass is 265 g/mol. The average Bonchev–Trinajstić information content (AvgIpc) is 2.97. The summed E-state index contributed by atoms with van der Waals surface area (Å²) in [6.45, 7) is 0.997. The Morgan fingerprint density at radius 3 is 2.74 bits per heavy atom. The van der Waals surface area contributed by atoms with Crippen LogP contribution in [0.15, 0.2) is 12.3 Å². The molecule has 19 heavy (non-hydrogen) atoms. The summed E-state index contributed by atoms with van der Waals surface area (Å²) in [5.74, 6) is -2.03. The van der Waals surface area contributed by atoms with Gasteiger partial charge in [0.05, 0.1) is 12.6 Å². The van der Waals surface area contributed by atoms with Crippen molar-refractivity contribution in [3.8, 4) is 0 Å². The molecule has 1 aromatic rings. The van der Waals surface area contributed by atoms with Crippen LogP contribution in [0.3, 0.4) is 0 Å². The molecule has 0 spiro atoms. The van der Waals surface area contributed by atoms with Crippen molar-refractivity contribution in [1.29, 1.82) is 0 Å². The van der Waals surface area contributed by atoms with Crippen molar-refractivity contribution in [1.82, 2.24) is 9.88 Å². The van der Waals surface area contributed by atoms with E-state index in [2.05, 4.69) is 5.32 Å². The number of hydrogen-bond donors (Lipinski definition) is 2. The van der Waals surface area contributed by atoms with E-state index in [1.807, 2.05) is 0 Å². The quantitative estimate of drug-likeness (QED) is 0.550. The normalized spacial score (nSPS) is 18.3. The molecule has 3 N–H and O–H groups in total. The lowest BCUT2D eigenvalue weighted by atomic mass is 10.2. The van der Waals surface area contributed by atoms with Crippen molar-refractivity contribution < 1.29 is 19.1 Å². The predicted octanol–water partition coefficient (Wildman–Crippen LogP) is -0.788. The van der Waals surface area contributed by atoms with Gasteiger partial charge in [-0.3, -0.25) is 14.4 Å². The second kappa shape index (κ2) is 5.23. The number of ether oxygens (including phenoxy) is 1. The first-order valence-electron chi connectivity index (χ1n) is 5.88. The third kappa shape index (κ3) is 2.82. The summed E-state index contributed by atoms with van der Waals surface area (Å²) >= 11 is 0. The molecule has 1 fully saturated rings. The molecular weight excluding hydrogens is 250 g/mol. The molecule has 0 radical (unpaired) electrons. The van der Waals surface area contributed by atoms with Crippen LogP contribution < -0.4 is 11.1 Å². The summed E-state index contributed by atoms with van der Waals surface area (Å²) in [7, 11) is 1.58. The summed E-state index contributed by atoms with van der Waals surface area (Å²) in [5.41, 5.74) is 5.47. The minimum atomic E-state index is -0.697. The van der Waals surface area contributed by atoms with Crippen LogP contribution in [-0.2, 0) is 16.6 Å². The van der Waals surface area contributed by atoms with E-state index >= 15 is 0 Å². The minimum Gasteiger partial charge on any atom is -0.379 e. The van der Waals surface area contributed by atoms with E-state index in [0.717, 1.165) is 0 Å². The number of nitrogens with one attached hydrogen (secondary N) is 1. The Morgan fingerprint density at radius 1 is 1.47 bits per heavy atom. The molecule has 102 valence electrons. The first kappa shape index (κ1) is 13.3. The second-order valence-electron chi connectivity index (χ2n) is 4.45. The van der Waals surface area contributed by atoms with Crippen molar-refractivity contribution >= 4 is 17.6 Å². The van der Waals surface area contributed by atoms with Gasteiger partial charge in [0.15, 0.2) is 0 Å². The van der Waals surface area contributed by atoms with Crippen LogP contribution in [0.1, 0.15) is 27.3 Å². The van der Waals surface area contributed by atoms with Gasteiger partial charge in [0.2, 0.25) is 0 Å². The van der Waals surface area contributed by atoms with Crippen LogP contribution in [0.5, 0.6) is 0 Å². The van der Waals surface area contributed by atoms with E-state index < -0.39 is 17.6 Å². The summed E-state index contributed by atoms with van der Waals surface area (Å²) in [4.78, 5) is 34.7. The number of aromatic nitrogens is 1. The van der Waals surface area contributed by atoms with Gasteiger partial charge in [0, 0.05) is 25.4 Å². The lowest BCUT2D eigenvalue weighted by Crippen LogP contribution is -2.39. The molecule has 1 unspecified atom stereocenters. The molecule has 2 heterocycles. The van der Waals surface area contributed by atoms with E-state index in [4.69, 9.17) is 10.5 Å². The second-order valence-corrected chi connectivity index (χ2v) is 4.45. The molecule has 1 saturated heterocycles. The Balaban J connectivity index is 2.08. The smallest absolute Gasteiger partial charge is 0.292 e. The standard InChI is InChI=1S/C12H15N3O4/c1-15-5-7(4-9(15)11(13)17)10(16)12(18)14-8-2-3-19-6-8/h4-5,8H,2-3,6H2,1H3,(H2,13,17)(H,14,18). The maximum atomic E-state index is 11.9. The fourth-order valence-electron chi connectivity index (χ4n) is 1.96. The van der Waals surface area contributed by atoms with Gasteiger partial charge in [-0.2, -0.15) is 0 Å². The fourth-order valence-corrected chi connectivity index (χ4v) is 1.96. The van der Waals surface area contributed by atoms with Crippen LogP contribution in [0.2, 0.25) is 0 Å². The number of Topliss-reactive ketones (excluding diaryl/α,β-unsaturated/α-hetero) is 1. The molecule has 1 aliphatic rings. The molecule has 7 nitrogen and oxygen atoms in total. The van der Waals surface area contributed by atoms with Crippen molar-refractivity contribution in [2.24, 2.45) is 12.8 Å². The largest absolute Gasteiger partial charge is 0.379 e. The average molecular weight is 265 g/mol. The van der Waals surface area contributed by atoms with Crippen LogP contribution in [0.4, 0.5) is 0 Å². The number of carbonyl (C=O) groups is 3. The highest BCUT2D eigenvalue weighted by atomic mass is 16.5. The van der Waals surface area contributed by atoms with Crippen molar-refractivity contribution in [2.75, 3.05) is 13.2 Å². The molecule has 1 aliphatic heterocycles. The molecule has 2 amide bonds. The van der Waals surface area contributed by atoms with Crippen LogP contribution in [0.25, 0.3) is 0 Å². The fraction of sp³-hybridized carbons (Fsp3) is 0.417. The predicted molar refractivity (Wildman–Crippen MR) is 65.6 cm³/mol. The van der Waals surface area contributed by atoms with Gasteiger partial charge in [-0.05, 0) is 12.5 Å². The first-order valence-corrected chi connectivity index (χ1v) is 5.88. The highest BCUT2D eigenvalue weighted by molar-refractivity contribution is 6.43. The Kier molecular flexibility index (Phi) is 3.66. The van der Waals surface area contributed by atoms with E-state index in [1.165, 1.54) is 16.8 Å². The van der Waals surface area contributed by atoms with Crippen molar-refractivity contribution in [3.05, 3.63) is 23.5 Å². The Labute approximate surface area is 109 Å². The van der Waals surface area contributed by atoms with Crippen LogP contribution >= 0.6 is 0 Å². The zero-order valence-corrected chi connectivity index (χ0v) is 10.5. The molecule has 0 bridgehead atoms. The number of nitrogens with zero attached hydrogens (tertiary/aromatic N) is 1. The number of primary amides is 1. The number of amides is 2. The lowest BCUT2D eigenvalue weighted by molar-refractivity contribution is -0.117. The third-order valence-corrected chi connectivity index (χ3v) is 2.99. The summed E-state index contributed by atoms with van der Waals surface area (Å²) in [5, 5.41) is 2.60. The number of nitrogens with two attached hydrogens (primary N) is 1. The SMILES string of the molecule is Cn1cc(C(=O)C(=O)NC2CCOC2)cc1C(N)=O. The molecule has 2 rings (SSSR count). The van der Waals surface area contributed by atoms with Crippen molar-refractivity contribution in [3.63, 3.8) is 0 Å². The van der Waals surface area contributed by atoms with Gasteiger partial charge in [0.1, 0.15) is 5.69 Å². The van der Waals surface area contributed by atoms with Gasteiger partial charge >= 0.3 is 0 Å². The highest BCUT2D eigenvalue weighted by Gasteiger charge is 2.24. The number of ketones is 1. The third-order valence-electron chi connectivity index (χ3n) is 2.99. The Morgan fingerprint density at radius 2 is 2.21 bits per heavy atom.